The summed E-state index contributed by atoms with van der Waals surface area (Å²) in [5, 5.41) is 15.3. The van der Waals surface area contributed by atoms with Crippen molar-refractivity contribution in [3.63, 3.8) is 0 Å². The number of carbonyl (C=O) groups excluding carboxylic acids is 1. The molecule has 5 heteroatoms. The van der Waals surface area contributed by atoms with Crippen LogP contribution in [0.4, 0.5) is 5.69 Å². The van der Waals surface area contributed by atoms with Crippen molar-refractivity contribution in [2.75, 3.05) is 11.9 Å². The summed E-state index contributed by atoms with van der Waals surface area (Å²) in [6.07, 6.45) is 0. The highest BCUT2D eigenvalue weighted by Gasteiger charge is 2.09. The van der Waals surface area contributed by atoms with Crippen LogP contribution in [0.5, 0.6) is 0 Å². The molecular formula is C18H20N4O. The average molecular weight is 308 g/mol. The molecular weight excluding hydrogens is 288 g/mol. The Morgan fingerprint density at radius 2 is 2.09 bits per heavy atom. The van der Waals surface area contributed by atoms with Gasteiger partial charge in [-0.25, -0.2) is 0 Å². The quantitative estimate of drug-likeness (QED) is 0.890. The molecule has 0 radical (unpaired) electrons. The molecule has 0 aliphatic heterocycles. The molecule has 0 spiro atoms. The lowest BCUT2D eigenvalue weighted by atomic mass is 10.1. The summed E-state index contributed by atoms with van der Waals surface area (Å²) in [5.41, 5.74) is 4.50. The molecule has 0 fully saturated rings. The van der Waals surface area contributed by atoms with Gasteiger partial charge >= 0.3 is 0 Å². The van der Waals surface area contributed by atoms with Gasteiger partial charge in [0.15, 0.2) is 0 Å². The number of aromatic nitrogens is 1. The normalized spacial score (nSPS) is 10.0. The van der Waals surface area contributed by atoms with E-state index in [-0.39, 0.29) is 5.91 Å². The van der Waals surface area contributed by atoms with Gasteiger partial charge < -0.3 is 10.6 Å². The smallest absolute Gasteiger partial charge is 0.251 e. The Labute approximate surface area is 136 Å². The zero-order valence-corrected chi connectivity index (χ0v) is 13.6. The lowest BCUT2D eigenvalue weighted by Crippen LogP contribution is -2.22. The van der Waals surface area contributed by atoms with Gasteiger partial charge in [-0.05, 0) is 44.5 Å². The highest BCUT2D eigenvalue weighted by molar-refractivity contribution is 5.94. The number of nitriles is 1. The summed E-state index contributed by atoms with van der Waals surface area (Å²) in [4.78, 5) is 16.2. The van der Waals surface area contributed by atoms with Gasteiger partial charge in [0.1, 0.15) is 6.07 Å². The number of rotatable bonds is 5. The summed E-state index contributed by atoms with van der Waals surface area (Å²) in [5.74, 6) is -0.0809. The van der Waals surface area contributed by atoms with Crippen LogP contribution in [-0.2, 0) is 6.54 Å². The number of nitrogens with one attached hydrogen (secondary N) is 2. The van der Waals surface area contributed by atoms with E-state index in [1.54, 1.807) is 6.07 Å². The zero-order valence-electron chi connectivity index (χ0n) is 13.6. The van der Waals surface area contributed by atoms with Crippen LogP contribution in [-0.4, -0.2) is 17.4 Å². The van der Waals surface area contributed by atoms with E-state index < -0.39 is 0 Å². The van der Waals surface area contributed by atoms with E-state index in [2.05, 4.69) is 21.7 Å². The minimum atomic E-state index is -0.0809. The first-order valence-corrected chi connectivity index (χ1v) is 7.54. The Hall–Kier alpha value is -2.87. The second-order valence-electron chi connectivity index (χ2n) is 5.30. The van der Waals surface area contributed by atoms with Crippen molar-refractivity contribution in [3.05, 3.63) is 58.4 Å². The number of aryl methyl sites for hydroxylation is 2. The van der Waals surface area contributed by atoms with Crippen LogP contribution in [0.15, 0.2) is 30.3 Å². The Balaban J connectivity index is 2.18. The number of nitrogens with zero attached hydrogens (tertiary/aromatic N) is 2. The van der Waals surface area contributed by atoms with E-state index in [0.717, 1.165) is 16.9 Å². The third kappa shape index (κ3) is 4.07. The fourth-order valence-electron chi connectivity index (χ4n) is 2.39. The van der Waals surface area contributed by atoms with Crippen molar-refractivity contribution >= 4 is 11.6 Å². The molecule has 0 atom stereocenters. The van der Waals surface area contributed by atoms with Gasteiger partial charge in [-0.1, -0.05) is 12.1 Å². The molecule has 23 heavy (non-hydrogen) atoms. The maximum atomic E-state index is 11.9. The molecule has 1 aromatic heterocycles. The Morgan fingerprint density at radius 3 is 2.78 bits per heavy atom. The molecule has 0 saturated heterocycles. The van der Waals surface area contributed by atoms with Crippen LogP contribution in [0.3, 0.4) is 0 Å². The second kappa shape index (κ2) is 7.41. The van der Waals surface area contributed by atoms with E-state index in [4.69, 9.17) is 0 Å². The predicted octanol–water partition coefficient (Wildman–Crippen LogP) is 2.93. The third-order valence-electron chi connectivity index (χ3n) is 3.45. The SMILES string of the molecule is CCNC(=O)c1cccc(CNc2cc(C)nc(C)c2C#N)c1. The molecule has 2 rings (SSSR count). The van der Waals surface area contributed by atoms with Gasteiger partial charge in [-0.3, -0.25) is 9.78 Å². The van der Waals surface area contributed by atoms with Crippen LogP contribution in [0, 0.1) is 25.2 Å². The monoisotopic (exact) mass is 308 g/mol. The maximum Gasteiger partial charge on any atom is 0.251 e. The molecule has 1 amide bonds. The number of benzene rings is 1. The van der Waals surface area contributed by atoms with Gasteiger partial charge in [0.05, 0.1) is 16.9 Å². The number of carbonyl (C=O) groups is 1. The van der Waals surface area contributed by atoms with Crippen molar-refractivity contribution in [2.45, 2.75) is 27.3 Å². The van der Waals surface area contributed by atoms with Gasteiger partial charge in [0, 0.05) is 24.3 Å². The summed E-state index contributed by atoms with van der Waals surface area (Å²) >= 11 is 0. The number of anilines is 1. The van der Waals surface area contributed by atoms with E-state index in [9.17, 15) is 10.1 Å². The lowest BCUT2D eigenvalue weighted by molar-refractivity contribution is 0.0955. The first-order chi connectivity index (χ1) is 11.0. The second-order valence-corrected chi connectivity index (χ2v) is 5.30. The number of amides is 1. The average Bonchev–Trinajstić information content (AvgIpc) is 2.53. The standard InChI is InChI=1S/C18H20N4O/c1-4-20-18(23)15-7-5-6-14(9-15)11-21-17-8-12(2)22-13(3)16(17)10-19/h5-9H,4,11H2,1-3H3,(H,20,23)(H,21,22). The van der Waals surface area contributed by atoms with Crippen molar-refractivity contribution in [1.82, 2.24) is 10.3 Å². The van der Waals surface area contributed by atoms with E-state index in [0.29, 0.717) is 29.9 Å². The number of hydrogen-bond donors (Lipinski definition) is 2. The fraction of sp³-hybridized carbons (Fsp3) is 0.278. The molecule has 2 aromatic rings. The molecule has 5 nitrogen and oxygen atoms in total. The van der Waals surface area contributed by atoms with Gasteiger partial charge in [0.25, 0.3) is 5.91 Å². The number of hydrogen-bond acceptors (Lipinski definition) is 4. The number of pyridine rings is 1. The van der Waals surface area contributed by atoms with Gasteiger partial charge in [0.2, 0.25) is 0 Å². The van der Waals surface area contributed by atoms with E-state index >= 15 is 0 Å². The summed E-state index contributed by atoms with van der Waals surface area (Å²) in [6.45, 7) is 6.75. The maximum absolute atomic E-state index is 11.9. The van der Waals surface area contributed by atoms with Gasteiger partial charge in [-0.2, -0.15) is 5.26 Å². The highest BCUT2D eigenvalue weighted by Crippen LogP contribution is 2.19. The zero-order chi connectivity index (χ0) is 16.8. The predicted molar refractivity (Wildman–Crippen MR) is 90.2 cm³/mol. The Morgan fingerprint density at radius 1 is 1.30 bits per heavy atom. The minimum Gasteiger partial charge on any atom is -0.380 e. The molecule has 0 unspecified atom stereocenters. The first kappa shape index (κ1) is 16.5. The van der Waals surface area contributed by atoms with Crippen LogP contribution in [0.2, 0.25) is 0 Å². The Bertz CT molecular complexity index is 762. The summed E-state index contributed by atoms with van der Waals surface area (Å²) in [6, 6.07) is 11.5. The lowest BCUT2D eigenvalue weighted by Gasteiger charge is -2.11. The van der Waals surface area contributed by atoms with Crippen LogP contribution in [0.1, 0.15) is 39.8 Å². The third-order valence-corrected chi connectivity index (χ3v) is 3.45. The molecule has 2 N–H and O–H groups in total. The van der Waals surface area contributed by atoms with Crippen molar-refractivity contribution in [1.29, 1.82) is 5.26 Å². The molecule has 0 aliphatic carbocycles. The largest absolute Gasteiger partial charge is 0.380 e. The van der Waals surface area contributed by atoms with Crippen LogP contribution >= 0.6 is 0 Å². The molecule has 118 valence electrons. The van der Waals surface area contributed by atoms with E-state index in [1.165, 1.54) is 0 Å². The first-order valence-electron chi connectivity index (χ1n) is 7.54. The fourth-order valence-corrected chi connectivity index (χ4v) is 2.39. The van der Waals surface area contributed by atoms with Crippen LogP contribution < -0.4 is 10.6 Å². The molecule has 0 aliphatic rings. The van der Waals surface area contributed by atoms with Crippen molar-refractivity contribution in [3.8, 4) is 6.07 Å². The Kier molecular flexibility index (Phi) is 5.32. The summed E-state index contributed by atoms with van der Waals surface area (Å²) in [7, 11) is 0. The minimum absolute atomic E-state index is 0.0809. The van der Waals surface area contributed by atoms with E-state index in [1.807, 2.05) is 45.0 Å². The van der Waals surface area contributed by atoms with Gasteiger partial charge in [-0.15, -0.1) is 0 Å². The molecule has 1 heterocycles. The highest BCUT2D eigenvalue weighted by atomic mass is 16.1. The molecule has 0 saturated carbocycles. The van der Waals surface area contributed by atoms with Crippen molar-refractivity contribution in [2.24, 2.45) is 0 Å². The molecule has 1 aromatic carbocycles. The van der Waals surface area contributed by atoms with Crippen LogP contribution in [0.25, 0.3) is 0 Å². The molecule has 0 bridgehead atoms. The summed E-state index contributed by atoms with van der Waals surface area (Å²) < 4.78 is 0. The topological polar surface area (TPSA) is 77.8 Å². The van der Waals surface area contributed by atoms with Crippen molar-refractivity contribution < 1.29 is 4.79 Å².